The van der Waals surface area contributed by atoms with Crippen LogP contribution in [0.15, 0.2) is 60.8 Å². The molecule has 3 rings (SSSR count). The zero-order valence-electron chi connectivity index (χ0n) is 14.6. The van der Waals surface area contributed by atoms with E-state index in [0.717, 1.165) is 0 Å². The first-order valence-electron chi connectivity index (χ1n) is 8.21. The molecule has 7 heteroatoms. The number of carbonyl (C=O) groups excluding carboxylic acids is 3. The van der Waals surface area contributed by atoms with Crippen molar-refractivity contribution in [3.05, 3.63) is 71.9 Å². The van der Waals surface area contributed by atoms with Gasteiger partial charge in [-0.3, -0.25) is 9.59 Å². The number of amides is 1. The van der Waals surface area contributed by atoms with E-state index in [1.54, 1.807) is 59.2 Å². The number of para-hydroxylation sites is 1. The van der Waals surface area contributed by atoms with Crippen molar-refractivity contribution in [2.24, 2.45) is 5.73 Å². The lowest BCUT2D eigenvalue weighted by atomic mass is 10.1. The second-order valence-electron chi connectivity index (χ2n) is 5.86. The third kappa shape index (κ3) is 3.82. The molecule has 0 bridgehead atoms. The Morgan fingerprint density at radius 1 is 1.04 bits per heavy atom. The fourth-order valence-electron chi connectivity index (χ4n) is 2.88. The van der Waals surface area contributed by atoms with E-state index in [1.165, 1.54) is 13.3 Å². The number of hydrogen-bond donors (Lipinski definition) is 1. The van der Waals surface area contributed by atoms with E-state index in [0.29, 0.717) is 22.0 Å². The van der Waals surface area contributed by atoms with Gasteiger partial charge in [0.05, 0.1) is 12.7 Å². The van der Waals surface area contributed by atoms with Crippen molar-refractivity contribution in [1.29, 1.82) is 0 Å². The molecule has 138 valence electrons. The number of carbonyl (C=O) groups is 3. The molecular formula is C20H18N2O5. The SMILES string of the molecule is COC(=O)c1cn(CC(=O)OC(C(N)=O)c2ccccc2)c2ccccc12. The first-order valence-corrected chi connectivity index (χ1v) is 8.21. The van der Waals surface area contributed by atoms with Crippen LogP contribution in [0.5, 0.6) is 0 Å². The Kier molecular flexibility index (Phi) is 5.21. The number of fused-ring (bicyclic) bond motifs is 1. The predicted octanol–water partition coefficient (Wildman–Crippen LogP) is 2.20. The minimum atomic E-state index is -1.18. The number of methoxy groups -OCH3 is 1. The summed E-state index contributed by atoms with van der Waals surface area (Å²) in [6.07, 6.45) is 0.347. The summed E-state index contributed by atoms with van der Waals surface area (Å²) < 4.78 is 11.7. The summed E-state index contributed by atoms with van der Waals surface area (Å²) in [5.74, 6) is -1.92. The summed E-state index contributed by atoms with van der Waals surface area (Å²) in [5.41, 5.74) is 6.88. The van der Waals surface area contributed by atoms with Gasteiger partial charge in [-0.25, -0.2) is 4.79 Å². The molecule has 0 radical (unpaired) electrons. The van der Waals surface area contributed by atoms with E-state index in [-0.39, 0.29) is 6.54 Å². The standard InChI is InChI=1S/C20H18N2O5/c1-26-20(25)15-11-22(16-10-6-5-9-14(15)16)12-17(23)27-18(19(21)24)13-7-3-2-4-8-13/h2-11,18H,12H2,1H3,(H2,21,24). The first-order chi connectivity index (χ1) is 13.0. The maximum absolute atomic E-state index is 12.4. The number of hydrogen-bond acceptors (Lipinski definition) is 5. The fraction of sp³-hybridized carbons (Fsp3) is 0.150. The van der Waals surface area contributed by atoms with Crippen LogP contribution in [-0.4, -0.2) is 29.5 Å². The molecule has 1 atom stereocenters. The van der Waals surface area contributed by atoms with Crippen molar-refractivity contribution in [1.82, 2.24) is 4.57 Å². The molecule has 0 aliphatic rings. The highest BCUT2D eigenvalue weighted by molar-refractivity contribution is 6.04. The largest absolute Gasteiger partial charge is 0.465 e. The molecule has 0 aliphatic heterocycles. The average molecular weight is 366 g/mol. The van der Waals surface area contributed by atoms with Gasteiger partial charge in [0.25, 0.3) is 5.91 Å². The van der Waals surface area contributed by atoms with Crippen LogP contribution in [0.1, 0.15) is 22.0 Å². The Balaban J connectivity index is 1.85. The number of aromatic nitrogens is 1. The summed E-state index contributed by atoms with van der Waals surface area (Å²) in [6.45, 7) is -0.186. The van der Waals surface area contributed by atoms with E-state index in [2.05, 4.69) is 0 Å². The minimum Gasteiger partial charge on any atom is -0.465 e. The Labute approximate surface area is 155 Å². The predicted molar refractivity (Wildman–Crippen MR) is 97.7 cm³/mol. The molecule has 0 saturated heterocycles. The smallest absolute Gasteiger partial charge is 0.340 e. The number of benzene rings is 2. The molecule has 1 amide bonds. The number of rotatable bonds is 6. The number of nitrogens with zero attached hydrogens (tertiary/aromatic N) is 1. The van der Waals surface area contributed by atoms with Gasteiger partial charge in [-0.15, -0.1) is 0 Å². The summed E-state index contributed by atoms with van der Waals surface area (Å²) in [5, 5.41) is 0.659. The van der Waals surface area contributed by atoms with E-state index in [9.17, 15) is 14.4 Å². The summed E-state index contributed by atoms with van der Waals surface area (Å²) >= 11 is 0. The minimum absolute atomic E-state index is 0.186. The maximum Gasteiger partial charge on any atom is 0.340 e. The lowest BCUT2D eigenvalue weighted by molar-refractivity contribution is -0.155. The number of esters is 2. The lowest BCUT2D eigenvalue weighted by Gasteiger charge is -2.15. The van der Waals surface area contributed by atoms with Gasteiger partial charge in [-0.1, -0.05) is 48.5 Å². The van der Waals surface area contributed by atoms with E-state index >= 15 is 0 Å². The molecule has 0 aliphatic carbocycles. The molecule has 0 spiro atoms. The third-order valence-electron chi connectivity index (χ3n) is 4.10. The van der Waals surface area contributed by atoms with Gasteiger partial charge in [-0.2, -0.15) is 0 Å². The topological polar surface area (TPSA) is 101 Å². The summed E-state index contributed by atoms with van der Waals surface area (Å²) in [7, 11) is 1.29. The van der Waals surface area contributed by atoms with Crippen molar-refractivity contribution < 1.29 is 23.9 Å². The first kappa shape index (κ1) is 18.2. The number of primary amides is 1. The summed E-state index contributed by atoms with van der Waals surface area (Å²) in [6, 6.07) is 15.7. The van der Waals surface area contributed by atoms with Gasteiger partial charge < -0.3 is 19.8 Å². The quantitative estimate of drug-likeness (QED) is 0.674. The maximum atomic E-state index is 12.4. The van der Waals surface area contributed by atoms with Crippen LogP contribution >= 0.6 is 0 Å². The molecule has 7 nitrogen and oxygen atoms in total. The second-order valence-corrected chi connectivity index (χ2v) is 5.86. The van der Waals surface area contributed by atoms with Crippen molar-refractivity contribution in [2.75, 3.05) is 7.11 Å². The highest BCUT2D eigenvalue weighted by Crippen LogP contribution is 2.23. The summed E-state index contributed by atoms with van der Waals surface area (Å²) in [4.78, 5) is 36.1. The van der Waals surface area contributed by atoms with Crippen molar-refractivity contribution in [3.8, 4) is 0 Å². The zero-order chi connectivity index (χ0) is 19.4. The van der Waals surface area contributed by atoms with E-state index in [1.807, 2.05) is 0 Å². The van der Waals surface area contributed by atoms with Gasteiger partial charge in [0.2, 0.25) is 6.10 Å². The zero-order valence-corrected chi connectivity index (χ0v) is 14.6. The Morgan fingerprint density at radius 2 is 1.70 bits per heavy atom. The van der Waals surface area contributed by atoms with Gasteiger partial charge in [-0.05, 0) is 6.07 Å². The van der Waals surface area contributed by atoms with Crippen molar-refractivity contribution in [3.63, 3.8) is 0 Å². The van der Waals surface area contributed by atoms with Crippen molar-refractivity contribution in [2.45, 2.75) is 12.6 Å². The van der Waals surface area contributed by atoms with Crippen LogP contribution in [0, 0.1) is 0 Å². The fourth-order valence-corrected chi connectivity index (χ4v) is 2.88. The molecule has 0 fully saturated rings. The molecule has 1 unspecified atom stereocenters. The van der Waals surface area contributed by atoms with Crippen LogP contribution in [0.25, 0.3) is 10.9 Å². The van der Waals surface area contributed by atoms with Crippen LogP contribution in [0.3, 0.4) is 0 Å². The Morgan fingerprint density at radius 3 is 2.37 bits per heavy atom. The molecule has 2 N–H and O–H groups in total. The molecule has 0 saturated carbocycles. The normalized spacial score (nSPS) is 11.7. The van der Waals surface area contributed by atoms with Gasteiger partial charge >= 0.3 is 11.9 Å². The third-order valence-corrected chi connectivity index (χ3v) is 4.10. The Bertz CT molecular complexity index is 994. The highest BCUT2D eigenvalue weighted by atomic mass is 16.5. The van der Waals surface area contributed by atoms with Crippen molar-refractivity contribution >= 4 is 28.7 Å². The van der Waals surface area contributed by atoms with E-state index in [4.69, 9.17) is 15.2 Å². The highest BCUT2D eigenvalue weighted by Gasteiger charge is 2.23. The molecular weight excluding hydrogens is 348 g/mol. The number of ether oxygens (including phenoxy) is 2. The lowest BCUT2D eigenvalue weighted by Crippen LogP contribution is -2.27. The molecule has 1 aromatic heterocycles. The second kappa shape index (κ2) is 7.74. The van der Waals surface area contributed by atoms with Gasteiger partial charge in [0, 0.05) is 22.7 Å². The van der Waals surface area contributed by atoms with Crippen LogP contribution in [0.2, 0.25) is 0 Å². The number of nitrogens with two attached hydrogens (primary N) is 1. The monoisotopic (exact) mass is 366 g/mol. The van der Waals surface area contributed by atoms with E-state index < -0.39 is 23.9 Å². The molecule has 1 heterocycles. The molecule has 27 heavy (non-hydrogen) atoms. The Hall–Kier alpha value is -3.61. The van der Waals surface area contributed by atoms with Gasteiger partial charge in [0.1, 0.15) is 6.54 Å². The average Bonchev–Trinajstić information content (AvgIpc) is 3.04. The van der Waals surface area contributed by atoms with Crippen LogP contribution < -0.4 is 5.73 Å². The molecule has 3 aromatic rings. The van der Waals surface area contributed by atoms with Crippen LogP contribution in [0.4, 0.5) is 0 Å². The van der Waals surface area contributed by atoms with Crippen LogP contribution in [-0.2, 0) is 25.6 Å². The molecule has 2 aromatic carbocycles. The van der Waals surface area contributed by atoms with Gasteiger partial charge in [0.15, 0.2) is 0 Å².